The van der Waals surface area contributed by atoms with Crippen LogP contribution in [0.15, 0.2) is 107 Å². The molecule has 0 saturated carbocycles. The Bertz CT molecular complexity index is 2200. The molecule has 0 spiro atoms. The minimum atomic E-state index is -4.31. The standard InChI is InChI=1S/C34H30N7O5PS/c1-22(34(43)45-3)40-47(44,46-30-12-8-11-28-32(30)38-20-19-37-28)41-29-21-24(48-31-13-5-4-10-26(31)33(42)35-2)15-16-25(29)27(39-41)17-14-23-9-6-7-18-36-23/h4-22H,1-3H3,(H,35,42)(H,40,44)/b17-14+/t22-,47?/m0/s1. The van der Waals surface area contributed by atoms with E-state index >= 15 is 4.57 Å². The summed E-state index contributed by atoms with van der Waals surface area (Å²) in [6, 6.07) is 22.4. The second-order valence-corrected chi connectivity index (χ2v) is 13.4. The summed E-state index contributed by atoms with van der Waals surface area (Å²) in [7, 11) is -1.48. The van der Waals surface area contributed by atoms with Gasteiger partial charge in [-0.05, 0) is 73.7 Å². The number of hydrogen-bond acceptors (Lipinski definition) is 10. The number of benzene rings is 3. The molecule has 14 heteroatoms. The highest BCUT2D eigenvalue weighted by atomic mass is 32.2. The van der Waals surface area contributed by atoms with Crippen LogP contribution in [0.1, 0.15) is 28.7 Å². The smallest absolute Gasteiger partial charge is 0.440 e. The highest BCUT2D eigenvalue weighted by molar-refractivity contribution is 7.99. The van der Waals surface area contributed by atoms with Gasteiger partial charge in [0.25, 0.3) is 5.91 Å². The van der Waals surface area contributed by atoms with E-state index in [9.17, 15) is 9.59 Å². The Morgan fingerprint density at radius 2 is 1.75 bits per heavy atom. The van der Waals surface area contributed by atoms with Crippen LogP contribution in [0, 0.1) is 0 Å². The van der Waals surface area contributed by atoms with E-state index in [0.717, 1.165) is 9.79 Å². The molecule has 2 N–H and O–H groups in total. The highest BCUT2D eigenvalue weighted by Crippen LogP contribution is 2.49. The molecule has 242 valence electrons. The molecule has 1 unspecified atom stereocenters. The quantitative estimate of drug-likeness (QED) is 0.118. The molecule has 0 fully saturated rings. The number of aromatic nitrogens is 5. The van der Waals surface area contributed by atoms with Crippen LogP contribution in [0.5, 0.6) is 5.75 Å². The number of esters is 1. The molecule has 0 aliphatic carbocycles. The molecule has 6 aromatic rings. The molecular weight excluding hydrogens is 649 g/mol. The number of ether oxygens (including phenoxy) is 1. The lowest BCUT2D eigenvalue weighted by Crippen LogP contribution is -2.36. The van der Waals surface area contributed by atoms with E-state index in [1.54, 1.807) is 61.9 Å². The van der Waals surface area contributed by atoms with E-state index in [2.05, 4.69) is 25.4 Å². The van der Waals surface area contributed by atoms with Crippen molar-refractivity contribution in [2.45, 2.75) is 22.8 Å². The number of hydrogen-bond donors (Lipinski definition) is 2. The van der Waals surface area contributed by atoms with Crippen molar-refractivity contribution >= 4 is 65.4 Å². The molecule has 2 atom stereocenters. The zero-order chi connectivity index (χ0) is 33.7. The van der Waals surface area contributed by atoms with Gasteiger partial charge in [-0.25, -0.2) is 14.6 Å². The number of para-hydroxylation sites is 1. The van der Waals surface area contributed by atoms with Crippen molar-refractivity contribution < 1.29 is 23.4 Å². The molecule has 3 heterocycles. The molecule has 0 radical (unpaired) electrons. The van der Waals surface area contributed by atoms with E-state index in [4.69, 9.17) is 14.4 Å². The molecule has 6 rings (SSSR count). The topological polar surface area (TPSA) is 150 Å². The molecule has 0 saturated heterocycles. The van der Waals surface area contributed by atoms with Crippen molar-refractivity contribution in [1.29, 1.82) is 0 Å². The number of pyridine rings is 1. The molecule has 3 aromatic heterocycles. The van der Waals surface area contributed by atoms with Crippen LogP contribution >= 0.6 is 19.4 Å². The van der Waals surface area contributed by atoms with Crippen LogP contribution < -0.4 is 14.9 Å². The maximum Gasteiger partial charge on any atom is 0.440 e. The molecule has 0 aliphatic heterocycles. The fraction of sp³-hybridized carbons (Fsp3) is 0.118. The number of nitrogens with zero attached hydrogens (tertiary/aromatic N) is 5. The largest absolute Gasteiger partial charge is 0.468 e. The predicted molar refractivity (Wildman–Crippen MR) is 185 cm³/mol. The van der Waals surface area contributed by atoms with Crippen LogP contribution in [0.3, 0.4) is 0 Å². The normalized spacial score (nSPS) is 13.3. The third-order valence-electron chi connectivity index (χ3n) is 7.19. The first-order valence-electron chi connectivity index (χ1n) is 14.8. The molecular formula is C34H30N7O5PS. The minimum Gasteiger partial charge on any atom is -0.468 e. The lowest BCUT2D eigenvalue weighted by molar-refractivity contribution is -0.142. The predicted octanol–water partition coefficient (Wildman–Crippen LogP) is 6.24. The Hall–Kier alpha value is -5.36. The van der Waals surface area contributed by atoms with Gasteiger partial charge in [-0.3, -0.25) is 19.6 Å². The number of rotatable bonds is 11. The van der Waals surface area contributed by atoms with Crippen LogP contribution in [0.25, 0.3) is 34.1 Å². The van der Waals surface area contributed by atoms with Gasteiger partial charge in [0.15, 0.2) is 5.75 Å². The van der Waals surface area contributed by atoms with Gasteiger partial charge in [0.05, 0.1) is 35.1 Å². The Morgan fingerprint density at radius 1 is 0.938 bits per heavy atom. The maximum absolute atomic E-state index is 15.2. The van der Waals surface area contributed by atoms with Crippen molar-refractivity contribution in [2.24, 2.45) is 0 Å². The first-order chi connectivity index (χ1) is 23.3. The van der Waals surface area contributed by atoms with Crippen molar-refractivity contribution in [2.75, 3.05) is 14.2 Å². The van der Waals surface area contributed by atoms with Gasteiger partial charge in [0.1, 0.15) is 11.6 Å². The molecule has 3 aromatic carbocycles. The van der Waals surface area contributed by atoms with Crippen molar-refractivity contribution in [3.05, 3.63) is 114 Å². The number of carbonyl (C=O) groups is 2. The van der Waals surface area contributed by atoms with Gasteiger partial charge in [-0.1, -0.05) is 36.0 Å². The Kier molecular flexibility index (Phi) is 9.62. The second kappa shape index (κ2) is 14.2. The zero-order valence-electron chi connectivity index (χ0n) is 26.1. The molecule has 0 aliphatic rings. The fourth-order valence-electron chi connectivity index (χ4n) is 4.90. The second-order valence-electron chi connectivity index (χ2n) is 10.4. The Balaban J connectivity index is 1.53. The average Bonchev–Trinajstić information content (AvgIpc) is 3.49. The summed E-state index contributed by atoms with van der Waals surface area (Å²) in [5, 5.41) is 11.0. The molecule has 0 bridgehead atoms. The highest BCUT2D eigenvalue weighted by Gasteiger charge is 2.36. The number of methoxy groups -OCH3 is 1. The van der Waals surface area contributed by atoms with E-state index in [-0.39, 0.29) is 11.7 Å². The summed E-state index contributed by atoms with van der Waals surface area (Å²) < 4.78 is 27.7. The van der Waals surface area contributed by atoms with Crippen molar-refractivity contribution in [3.63, 3.8) is 0 Å². The number of carbonyl (C=O) groups excluding carboxylic acids is 2. The first kappa shape index (κ1) is 32.6. The van der Waals surface area contributed by atoms with Gasteiger partial charge < -0.3 is 14.6 Å². The first-order valence-corrected chi connectivity index (χ1v) is 17.2. The van der Waals surface area contributed by atoms with Crippen LogP contribution in [-0.4, -0.2) is 56.6 Å². The molecule has 1 amide bonds. The average molecular weight is 680 g/mol. The summed E-state index contributed by atoms with van der Waals surface area (Å²) in [4.78, 5) is 39.8. The summed E-state index contributed by atoms with van der Waals surface area (Å²) in [6.45, 7) is 1.52. The lowest BCUT2D eigenvalue weighted by Gasteiger charge is -2.24. The van der Waals surface area contributed by atoms with Gasteiger partial charge in [0.2, 0.25) is 0 Å². The zero-order valence-corrected chi connectivity index (χ0v) is 27.8. The fourth-order valence-corrected chi connectivity index (χ4v) is 7.79. The van der Waals surface area contributed by atoms with Gasteiger partial charge in [-0.15, -0.1) is 0 Å². The van der Waals surface area contributed by atoms with Crippen LogP contribution in [0.2, 0.25) is 0 Å². The molecule has 48 heavy (non-hydrogen) atoms. The Morgan fingerprint density at radius 3 is 2.54 bits per heavy atom. The number of fused-ring (bicyclic) bond motifs is 2. The summed E-state index contributed by atoms with van der Waals surface area (Å²) in [5.41, 5.74) is 3.04. The van der Waals surface area contributed by atoms with E-state index < -0.39 is 19.7 Å². The summed E-state index contributed by atoms with van der Waals surface area (Å²) in [5.74, 6) is -0.693. The third kappa shape index (κ3) is 6.84. The summed E-state index contributed by atoms with van der Waals surface area (Å²) >= 11 is 1.37. The lowest BCUT2D eigenvalue weighted by atomic mass is 10.2. The van der Waals surface area contributed by atoms with E-state index in [1.807, 2.05) is 48.5 Å². The minimum absolute atomic E-state index is 0.174. The third-order valence-corrected chi connectivity index (χ3v) is 10.2. The monoisotopic (exact) mass is 679 g/mol. The van der Waals surface area contributed by atoms with Crippen molar-refractivity contribution in [3.8, 4) is 5.75 Å². The number of amides is 1. The van der Waals surface area contributed by atoms with Gasteiger partial charge >= 0.3 is 13.6 Å². The number of nitrogens with one attached hydrogen (secondary N) is 2. The Labute approximate surface area is 280 Å². The van der Waals surface area contributed by atoms with Gasteiger partial charge in [0, 0.05) is 40.8 Å². The van der Waals surface area contributed by atoms with Gasteiger partial charge in [-0.2, -0.15) is 9.55 Å². The summed E-state index contributed by atoms with van der Waals surface area (Å²) in [6.07, 6.45) is 8.31. The SMILES string of the molecule is CNC(=O)c1ccccc1Sc1ccc2c(/C=C/c3ccccn3)nn(P(=O)(N[C@@H](C)C(=O)OC)Oc3cccc4nccnc34)c2c1. The molecule has 12 nitrogen and oxygen atoms in total. The van der Waals surface area contributed by atoms with Crippen LogP contribution in [0.4, 0.5) is 0 Å². The maximum atomic E-state index is 15.2. The van der Waals surface area contributed by atoms with Crippen molar-refractivity contribution in [1.82, 2.24) is 34.9 Å². The van der Waals surface area contributed by atoms with Crippen LogP contribution in [-0.2, 0) is 14.1 Å². The van der Waals surface area contributed by atoms with E-state index in [0.29, 0.717) is 38.9 Å². The van der Waals surface area contributed by atoms with E-state index in [1.165, 1.54) is 36.4 Å².